The third-order valence-corrected chi connectivity index (χ3v) is 4.00. The van der Waals surface area contributed by atoms with Crippen molar-refractivity contribution in [2.24, 2.45) is 0 Å². The van der Waals surface area contributed by atoms with Crippen molar-refractivity contribution < 1.29 is 19.8 Å². The Morgan fingerprint density at radius 1 is 1.08 bits per heavy atom. The number of hydrogen-bond donors (Lipinski definition) is 5. The van der Waals surface area contributed by atoms with Gasteiger partial charge in [0.05, 0.1) is 12.6 Å². The van der Waals surface area contributed by atoms with Gasteiger partial charge in [-0.25, -0.2) is 0 Å². The minimum Gasteiger partial charge on any atom is -0.491 e. The molecular weight excluding hydrogens is 334 g/mol. The number of amides is 1. The molecule has 2 aromatic carbocycles. The Hall–Kier alpha value is -2.45. The minimum atomic E-state index is -0.440. The van der Waals surface area contributed by atoms with Gasteiger partial charge in [0.2, 0.25) is 0 Å². The zero-order chi connectivity index (χ0) is 18.9. The van der Waals surface area contributed by atoms with Crippen molar-refractivity contribution in [2.75, 3.05) is 20.3 Å². The molecule has 0 spiro atoms. The highest BCUT2D eigenvalue weighted by Crippen LogP contribution is 2.23. The monoisotopic (exact) mass is 359 g/mol. The van der Waals surface area contributed by atoms with Gasteiger partial charge in [0.25, 0.3) is 5.91 Å². The Balaban J connectivity index is 2.02. The predicted octanol–water partition coefficient (Wildman–Crippen LogP) is 1.37. The summed E-state index contributed by atoms with van der Waals surface area (Å²) in [6, 6.07) is 14.5. The fourth-order valence-corrected chi connectivity index (χ4v) is 2.52. The van der Waals surface area contributed by atoms with Gasteiger partial charge in [-0.15, -0.1) is 0 Å². The fraction of sp³-hybridized carbons (Fsp3) is 0.316. The lowest BCUT2D eigenvalue weighted by Crippen LogP contribution is -2.53. The predicted molar refractivity (Wildman–Crippen MR) is 99.2 cm³/mol. The van der Waals surface area contributed by atoms with E-state index in [2.05, 4.69) is 16.1 Å². The number of aliphatic hydroxyl groups excluding tert-OH is 1. The van der Waals surface area contributed by atoms with Gasteiger partial charge in [-0.1, -0.05) is 24.3 Å². The summed E-state index contributed by atoms with van der Waals surface area (Å²) < 4.78 is 5.34. The third kappa shape index (κ3) is 5.27. The molecule has 7 heteroatoms. The molecule has 7 nitrogen and oxygen atoms in total. The van der Waals surface area contributed by atoms with Gasteiger partial charge in [-0.3, -0.25) is 4.79 Å². The molecule has 0 aromatic heterocycles. The molecule has 0 saturated carbocycles. The lowest BCUT2D eigenvalue weighted by atomic mass is 10.0. The molecule has 0 saturated heterocycles. The van der Waals surface area contributed by atoms with Crippen LogP contribution < -0.4 is 20.9 Å². The summed E-state index contributed by atoms with van der Waals surface area (Å²) in [5.74, 6) is 0.483. The van der Waals surface area contributed by atoms with Gasteiger partial charge in [-0.2, -0.15) is 5.48 Å². The molecule has 26 heavy (non-hydrogen) atoms. The van der Waals surface area contributed by atoms with Crippen molar-refractivity contribution in [1.29, 1.82) is 0 Å². The van der Waals surface area contributed by atoms with Crippen LogP contribution in [0, 0.1) is 0 Å². The molecule has 140 valence electrons. The largest absolute Gasteiger partial charge is 0.491 e. The highest BCUT2D eigenvalue weighted by Gasteiger charge is 2.17. The number of benzene rings is 2. The summed E-state index contributed by atoms with van der Waals surface area (Å²) in [6.07, 6.45) is -0.440. The van der Waals surface area contributed by atoms with Gasteiger partial charge in [0.1, 0.15) is 18.5 Å². The second-order valence-electron chi connectivity index (χ2n) is 5.83. The second kappa shape index (κ2) is 9.88. The lowest BCUT2D eigenvalue weighted by Gasteiger charge is -2.22. The molecule has 0 fully saturated rings. The van der Waals surface area contributed by atoms with E-state index in [0.29, 0.717) is 11.3 Å². The number of rotatable bonds is 9. The van der Waals surface area contributed by atoms with E-state index >= 15 is 0 Å². The number of likely N-dealkylation sites (N-methyl/N-ethyl adjacent to an activating group) is 1. The van der Waals surface area contributed by atoms with Crippen LogP contribution in [0.3, 0.4) is 0 Å². The molecule has 2 rings (SSSR count). The first-order chi connectivity index (χ1) is 12.6. The van der Waals surface area contributed by atoms with E-state index in [4.69, 9.17) is 15.1 Å². The van der Waals surface area contributed by atoms with E-state index in [1.54, 1.807) is 26.1 Å². The Kier molecular flexibility index (Phi) is 7.55. The first-order valence-corrected chi connectivity index (χ1v) is 8.41. The van der Waals surface area contributed by atoms with Crippen LogP contribution in [0.1, 0.15) is 17.3 Å². The van der Waals surface area contributed by atoms with Crippen LogP contribution in [0.15, 0.2) is 48.5 Å². The van der Waals surface area contributed by atoms with Crippen LogP contribution >= 0.6 is 0 Å². The second-order valence-corrected chi connectivity index (χ2v) is 5.83. The molecule has 0 bridgehead atoms. The molecule has 2 unspecified atom stereocenters. The third-order valence-electron chi connectivity index (χ3n) is 4.00. The van der Waals surface area contributed by atoms with E-state index < -0.39 is 6.17 Å². The van der Waals surface area contributed by atoms with Crippen molar-refractivity contribution in [2.45, 2.75) is 19.1 Å². The molecule has 0 radical (unpaired) electrons. The highest BCUT2D eigenvalue weighted by molar-refractivity contribution is 5.94. The highest BCUT2D eigenvalue weighted by atomic mass is 16.5. The van der Waals surface area contributed by atoms with Crippen LogP contribution in [0.2, 0.25) is 0 Å². The van der Waals surface area contributed by atoms with Crippen molar-refractivity contribution >= 4 is 5.91 Å². The topological polar surface area (TPSA) is 103 Å². The smallest absolute Gasteiger partial charge is 0.251 e. The molecular formula is C19H25N3O4. The molecule has 2 aromatic rings. The first kappa shape index (κ1) is 19.9. The standard InChI is InChI=1S/C19H25N3O4/c1-13(18(20-2)22-25)21-19(24)16-5-3-14(4-6-16)15-7-9-17(10-8-15)26-12-11-23/h3-10,13,18,20,22-23,25H,11-12H2,1-2H3,(H,21,24). The molecule has 5 N–H and O–H groups in total. The molecule has 1 amide bonds. The Morgan fingerprint density at radius 3 is 2.15 bits per heavy atom. The summed E-state index contributed by atoms with van der Waals surface area (Å²) >= 11 is 0. The number of ether oxygens (including phenoxy) is 1. The van der Waals surface area contributed by atoms with Crippen LogP contribution in [0.5, 0.6) is 5.75 Å². The number of nitrogens with one attached hydrogen (secondary N) is 3. The maximum absolute atomic E-state index is 12.3. The number of carbonyl (C=O) groups is 1. The van der Waals surface area contributed by atoms with Crippen LogP contribution in [-0.4, -0.2) is 48.7 Å². The van der Waals surface area contributed by atoms with Crippen LogP contribution in [-0.2, 0) is 0 Å². The van der Waals surface area contributed by atoms with Crippen LogP contribution in [0.25, 0.3) is 11.1 Å². The Labute approximate surface area is 153 Å². The fourth-order valence-electron chi connectivity index (χ4n) is 2.52. The Bertz CT molecular complexity index is 685. The molecule has 0 aliphatic heterocycles. The number of aliphatic hydroxyl groups is 1. The molecule has 0 aliphatic rings. The van der Waals surface area contributed by atoms with Crippen molar-refractivity contribution in [3.63, 3.8) is 0 Å². The van der Waals surface area contributed by atoms with Gasteiger partial charge in [0, 0.05) is 5.56 Å². The van der Waals surface area contributed by atoms with Crippen molar-refractivity contribution in [3.8, 4) is 16.9 Å². The normalized spacial score (nSPS) is 13.1. The van der Waals surface area contributed by atoms with E-state index in [1.165, 1.54) is 0 Å². The Morgan fingerprint density at radius 2 is 1.65 bits per heavy atom. The van der Waals surface area contributed by atoms with Crippen molar-refractivity contribution in [3.05, 3.63) is 54.1 Å². The zero-order valence-corrected chi connectivity index (χ0v) is 14.9. The van der Waals surface area contributed by atoms with Gasteiger partial charge in [0.15, 0.2) is 0 Å². The summed E-state index contributed by atoms with van der Waals surface area (Å²) in [5.41, 5.74) is 4.63. The molecule has 2 atom stereocenters. The first-order valence-electron chi connectivity index (χ1n) is 8.41. The molecule has 0 heterocycles. The van der Waals surface area contributed by atoms with E-state index in [1.807, 2.05) is 36.4 Å². The number of hydrogen-bond acceptors (Lipinski definition) is 6. The zero-order valence-electron chi connectivity index (χ0n) is 14.9. The van der Waals surface area contributed by atoms with E-state index in [9.17, 15) is 4.79 Å². The van der Waals surface area contributed by atoms with Gasteiger partial charge in [-0.05, 0) is 49.4 Å². The lowest BCUT2D eigenvalue weighted by molar-refractivity contribution is 0.0810. The maximum atomic E-state index is 12.3. The SMILES string of the molecule is CNC(NO)C(C)NC(=O)c1ccc(-c2ccc(OCCO)cc2)cc1. The van der Waals surface area contributed by atoms with Crippen molar-refractivity contribution in [1.82, 2.24) is 16.1 Å². The number of carbonyl (C=O) groups excluding carboxylic acids is 1. The summed E-state index contributed by atoms with van der Waals surface area (Å²) in [5, 5.41) is 23.5. The molecule has 0 aliphatic carbocycles. The maximum Gasteiger partial charge on any atom is 0.251 e. The van der Waals surface area contributed by atoms with Gasteiger partial charge < -0.3 is 25.7 Å². The van der Waals surface area contributed by atoms with Gasteiger partial charge >= 0.3 is 0 Å². The van der Waals surface area contributed by atoms with E-state index in [-0.39, 0.29) is 25.2 Å². The summed E-state index contributed by atoms with van der Waals surface area (Å²) in [6.45, 7) is 2.03. The summed E-state index contributed by atoms with van der Waals surface area (Å²) in [4.78, 5) is 12.3. The number of hydroxylamine groups is 1. The van der Waals surface area contributed by atoms with E-state index in [0.717, 1.165) is 11.1 Å². The van der Waals surface area contributed by atoms with Crippen LogP contribution in [0.4, 0.5) is 0 Å². The minimum absolute atomic E-state index is 0.0205. The average molecular weight is 359 g/mol. The average Bonchev–Trinajstić information content (AvgIpc) is 2.68. The summed E-state index contributed by atoms with van der Waals surface area (Å²) in [7, 11) is 1.69. The quantitative estimate of drug-likeness (QED) is 0.342.